The van der Waals surface area contributed by atoms with Crippen molar-refractivity contribution in [3.63, 3.8) is 0 Å². The summed E-state index contributed by atoms with van der Waals surface area (Å²) in [5.74, 6) is 2.08. The van der Waals surface area contributed by atoms with Crippen LogP contribution in [0.15, 0.2) is 29.4 Å². The molecule has 0 aliphatic heterocycles. The number of methoxy groups -OCH3 is 1. The molecule has 0 aliphatic rings. The van der Waals surface area contributed by atoms with Crippen molar-refractivity contribution in [3.05, 3.63) is 29.3 Å². The van der Waals surface area contributed by atoms with Crippen molar-refractivity contribution < 1.29 is 4.74 Å². The molecule has 20 heavy (non-hydrogen) atoms. The van der Waals surface area contributed by atoms with Crippen LogP contribution >= 0.6 is 23.4 Å². The first-order valence-corrected chi connectivity index (χ1v) is 7.48. The molecule has 0 unspecified atom stereocenters. The highest BCUT2D eigenvalue weighted by molar-refractivity contribution is 7.98. The number of thioether (sulfide) groups is 1. The normalized spacial score (nSPS) is 10.2. The Morgan fingerprint density at radius 3 is 2.60 bits per heavy atom. The van der Waals surface area contributed by atoms with Crippen molar-refractivity contribution in [2.45, 2.75) is 5.16 Å². The van der Waals surface area contributed by atoms with E-state index >= 15 is 0 Å². The van der Waals surface area contributed by atoms with Gasteiger partial charge in [-0.25, -0.2) is 9.97 Å². The van der Waals surface area contributed by atoms with Gasteiger partial charge in [-0.15, -0.1) is 0 Å². The Kier molecular flexibility index (Phi) is 4.92. The van der Waals surface area contributed by atoms with Gasteiger partial charge in [0.25, 0.3) is 0 Å². The maximum Gasteiger partial charge on any atom is 0.191 e. The molecule has 0 fully saturated rings. The number of halogens is 1. The van der Waals surface area contributed by atoms with E-state index in [1.54, 1.807) is 13.2 Å². The lowest BCUT2D eigenvalue weighted by molar-refractivity contribution is 0.415. The molecule has 0 aliphatic carbocycles. The fraction of sp³-hybridized carbons (Fsp3) is 0.231. The Morgan fingerprint density at radius 1 is 1.20 bits per heavy atom. The maximum atomic E-state index is 6.00. The van der Waals surface area contributed by atoms with Gasteiger partial charge in [0.1, 0.15) is 17.4 Å². The first-order valence-electron chi connectivity index (χ1n) is 5.87. The number of rotatable bonds is 5. The molecular weight excluding hydrogens is 296 g/mol. The predicted molar refractivity (Wildman–Crippen MR) is 84.6 cm³/mol. The number of hydrogen-bond donors (Lipinski definition) is 2. The fourth-order valence-electron chi connectivity index (χ4n) is 1.59. The van der Waals surface area contributed by atoms with Gasteiger partial charge >= 0.3 is 0 Å². The molecule has 106 valence electrons. The van der Waals surface area contributed by atoms with E-state index < -0.39 is 0 Å². The highest BCUT2D eigenvalue weighted by atomic mass is 35.5. The minimum absolute atomic E-state index is 0.571. The van der Waals surface area contributed by atoms with E-state index in [2.05, 4.69) is 20.6 Å². The van der Waals surface area contributed by atoms with E-state index in [4.69, 9.17) is 16.3 Å². The van der Waals surface area contributed by atoms with Gasteiger partial charge in [-0.2, -0.15) is 0 Å². The van der Waals surface area contributed by atoms with Gasteiger partial charge in [-0.1, -0.05) is 23.4 Å². The third kappa shape index (κ3) is 3.46. The van der Waals surface area contributed by atoms with Crippen LogP contribution in [-0.2, 0) is 0 Å². The van der Waals surface area contributed by atoms with Crippen molar-refractivity contribution in [1.82, 2.24) is 9.97 Å². The summed E-state index contributed by atoms with van der Waals surface area (Å²) < 4.78 is 5.19. The third-order valence-corrected chi connectivity index (χ3v) is 3.43. The van der Waals surface area contributed by atoms with Gasteiger partial charge in [-0.3, -0.25) is 0 Å². The van der Waals surface area contributed by atoms with Crippen LogP contribution in [-0.4, -0.2) is 30.4 Å². The van der Waals surface area contributed by atoms with Crippen LogP contribution in [0, 0.1) is 0 Å². The number of hydrogen-bond acceptors (Lipinski definition) is 6. The third-order valence-electron chi connectivity index (χ3n) is 2.57. The summed E-state index contributed by atoms with van der Waals surface area (Å²) >= 11 is 7.49. The zero-order chi connectivity index (χ0) is 14.5. The standard InChI is InChI=1S/C13H15ClN4OS/c1-15-11-7-12(18-13(17-11)20-3)16-8-4-5-9(14)10(6-8)19-2/h4-7H,1-3H3,(H2,15,16,17,18). The van der Waals surface area contributed by atoms with Crippen molar-refractivity contribution in [2.75, 3.05) is 31.0 Å². The van der Waals surface area contributed by atoms with E-state index in [0.717, 1.165) is 11.5 Å². The average molecular weight is 311 g/mol. The molecule has 0 spiro atoms. The molecule has 0 radical (unpaired) electrons. The molecule has 0 saturated carbocycles. The molecule has 1 aromatic heterocycles. The Balaban J connectivity index is 2.29. The molecule has 7 heteroatoms. The second-order valence-electron chi connectivity index (χ2n) is 3.85. The van der Waals surface area contributed by atoms with Gasteiger partial charge in [0.15, 0.2) is 5.16 Å². The SMILES string of the molecule is CNc1cc(Nc2ccc(Cl)c(OC)c2)nc(SC)n1. The van der Waals surface area contributed by atoms with Crippen LogP contribution in [0.3, 0.4) is 0 Å². The highest BCUT2D eigenvalue weighted by Gasteiger charge is 2.06. The molecule has 2 N–H and O–H groups in total. The molecule has 0 atom stereocenters. The number of aromatic nitrogens is 2. The smallest absolute Gasteiger partial charge is 0.191 e. The van der Waals surface area contributed by atoms with Crippen LogP contribution < -0.4 is 15.4 Å². The predicted octanol–water partition coefficient (Wildman–Crippen LogP) is 3.65. The molecule has 5 nitrogen and oxygen atoms in total. The highest BCUT2D eigenvalue weighted by Crippen LogP contribution is 2.29. The number of anilines is 3. The van der Waals surface area contributed by atoms with Gasteiger partial charge in [0, 0.05) is 24.9 Å². The zero-order valence-electron chi connectivity index (χ0n) is 11.4. The fourth-order valence-corrected chi connectivity index (χ4v) is 2.17. The summed E-state index contributed by atoms with van der Waals surface area (Å²) in [6, 6.07) is 7.30. The Hall–Kier alpha value is -1.66. The van der Waals surface area contributed by atoms with Crippen LogP contribution in [0.5, 0.6) is 5.75 Å². The van der Waals surface area contributed by atoms with Crippen LogP contribution in [0.4, 0.5) is 17.3 Å². The van der Waals surface area contributed by atoms with Gasteiger partial charge in [0.05, 0.1) is 12.1 Å². The molecule has 2 aromatic rings. The summed E-state index contributed by atoms with van der Waals surface area (Å²) in [4.78, 5) is 8.71. The minimum atomic E-state index is 0.571. The topological polar surface area (TPSA) is 59.1 Å². The number of nitrogens with zero attached hydrogens (tertiary/aromatic N) is 2. The summed E-state index contributed by atoms with van der Waals surface area (Å²) in [5, 5.41) is 7.49. The molecule has 2 rings (SSSR count). The molecule has 0 saturated heterocycles. The second-order valence-corrected chi connectivity index (χ2v) is 5.03. The van der Waals surface area contributed by atoms with Crippen molar-refractivity contribution in [2.24, 2.45) is 0 Å². The molecular formula is C13H15ClN4OS. The van der Waals surface area contributed by atoms with E-state index in [1.165, 1.54) is 11.8 Å². The zero-order valence-corrected chi connectivity index (χ0v) is 13.0. The number of ether oxygens (including phenoxy) is 1. The quantitative estimate of drug-likeness (QED) is 0.649. The second kappa shape index (κ2) is 6.67. The first kappa shape index (κ1) is 14.7. The molecule has 1 heterocycles. The first-order chi connectivity index (χ1) is 9.66. The number of benzene rings is 1. The van der Waals surface area contributed by atoms with Gasteiger partial charge in [0.2, 0.25) is 0 Å². The largest absolute Gasteiger partial charge is 0.495 e. The molecule has 0 bridgehead atoms. The lowest BCUT2D eigenvalue weighted by Gasteiger charge is -2.10. The minimum Gasteiger partial charge on any atom is -0.495 e. The van der Waals surface area contributed by atoms with E-state index in [0.29, 0.717) is 21.7 Å². The van der Waals surface area contributed by atoms with Crippen molar-refractivity contribution in [1.29, 1.82) is 0 Å². The summed E-state index contributed by atoms with van der Waals surface area (Å²) in [6.07, 6.45) is 1.93. The molecule has 1 aromatic carbocycles. The summed E-state index contributed by atoms with van der Waals surface area (Å²) in [6.45, 7) is 0. The Bertz CT molecular complexity index is 587. The monoisotopic (exact) mass is 310 g/mol. The number of nitrogens with one attached hydrogen (secondary N) is 2. The van der Waals surface area contributed by atoms with Crippen molar-refractivity contribution >= 4 is 40.7 Å². The van der Waals surface area contributed by atoms with E-state index in [-0.39, 0.29) is 0 Å². The molecule has 0 amide bonds. The summed E-state index contributed by atoms with van der Waals surface area (Å²) in [5.41, 5.74) is 0.846. The lowest BCUT2D eigenvalue weighted by Crippen LogP contribution is -2.00. The lowest BCUT2D eigenvalue weighted by atomic mass is 10.3. The summed E-state index contributed by atoms with van der Waals surface area (Å²) in [7, 11) is 3.40. The Morgan fingerprint density at radius 2 is 1.95 bits per heavy atom. The maximum absolute atomic E-state index is 6.00. The van der Waals surface area contributed by atoms with Gasteiger partial charge in [-0.05, 0) is 18.4 Å². The van der Waals surface area contributed by atoms with Crippen molar-refractivity contribution in [3.8, 4) is 5.75 Å². The van der Waals surface area contributed by atoms with Crippen LogP contribution in [0.2, 0.25) is 5.02 Å². The van der Waals surface area contributed by atoms with Crippen LogP contribution in [0.25, 0.3) is 0 Å². The van der Waals surface area contributed by atoms with Crippen LogP contribution in [0.1, 0.15) is 0 Å². The average Bonchev–Trinajstić information content (AvgIpc) is 2.48. The van der Waals surface area contributed by atoms with E-state index in [1.807, 2.05) is 31.5 Å². The Labute approximate surface area is 127 Å². The van der Waals surface area contributed by atoms with Gasteiger partial charge < -0.3 is 15.4 Å². The van der Waals surface area contributed by atoms with E-state index in [9.17, 15) is 0 Å².